The summed E-state index contributed by atoms with van der Waals surface area (Å²) in [5.74, 6) is 0.749. The summed E-state index contributed by atoms with van der Waals surface area (Å²) in [6.45, 7) is 6.67. The lowest BCUT2D eigenvalue weighted by atomic mass is 10.3. The molecule has 0 fully saturated rings. The van der Waals surface area contributed by atoms with Crippen molar-refractivity contribution in [2.24, 2.45) is 0 Å². The standard InChI is InChI=1S/C13H20N2O2/c1-4-17-12-8-6-5-7-11(12)14-9-13(16)15-10(2)3/h5-8,10,14H,4,9H2,1-3H3,(H,15,16). The molecule has 0 aliphatic rings. The fourth-order valence-electron chi connectivity index (χ4n) is 1.44. The first kappa shape index (κ1) is 13.4. The number of para-hydroxylation sites is 2. The first-order chi connectivity index (χ1) is 8.13. The Balaban J connectivity index is 2.53. The third-order valence-electron chi connectivity index (χ3n) is 2.08. The fourth-order valence-corrected chi connectivity index (χ4v) is 1.44. The molecule has 94 valence electrons. The van der Waals surface area contributed by atoms with Gasteiger partial charge in [0.25, 0.3) is 0 Å². The van der Waals surface area contributed by atoms with Gasteiger partial charge in [0.15, 0.2) is 0 Å². The second kappa shape index (κ2) is 6.78. The summed E-state index contributed by atoms with van der Waals surface area (Å²) >= 11 is 0. The van der Waals surface area contributed by atoms with Gasteiger partial charge >= 0.3 is 0 Å². The summed E-state index contributed by atoms with van der Waals surface area (Å²) in [5, 5.41) is 5.89. The highest BCUT2D eigenvalue weighted by Gasteiger charge is 2.05. The second-order valence-electron chi connectivity index (χ2n) is 4.00. The molecule has 0 unspecified atom stereocenters. The van der Waals surface area contributed by atoms with Crippen LogP contribution in [0, 0.1) is 0 Å². The summed E-state index contributed by atoms with van der Waals surface area (Å²) in [7, 11) is 0. The van der Waals surface area contributed by atoms with Gasteiger partial charge in [-0.15, -0.1) is 0 Å². The molecule has 0 atom stereocenters. The molecule has 0 radical (unpaired) electrons. The van der Waals surface area contributed by atoms with Crippen molar-refractivity contribution in [3.05, 3.63) is 24.3 Å². The van der Waals surface area contributed by atoms with E-state index in [1.54, 1.807) is 0 Å². The van der Waals surface area contributed by atoms with Gasteiger partial charge in [0.05, 0.1) is 18.8 Å². The van der Waals surface area contributed by atoms with Crippen molar-refractivity contribution in [3.63, 3.8) is 0 Å². The summed E-state index contributed by atoms with van der Waals surface area (Å²) in [6, 6.07) is 7.75. The number of carbonyl (C=O) groups is 1. The largest absolute Gasteiger partial charge is 0.492 e. The third-order valence-corrected chi connectivity index (χ3v) is 2.08. The van der Waals surface area contributed by atoms with Gasteiger partial charge in [0.2, 0.25) is 5.91 Å². The number of benzene rings is 1. The lowest BCUT2D eigenvalue weighted by Gasteiger charge is -2.13. The van der Waals surface area contributed by atoms with Gasteiger partial charge in [0.1, 0.15) is 5.75 Å². The maximum Gasteiger partial charge on any atom is 0.239 e. The van der Waals surface area contributed by atoms with Crippen molar-refractivity contribution in [1.82, 2.24) is 5.32 Å². The van der Waals surface area contributed by atoms with E-state index in [4.69, 9.17) is 4.74 Å². The van der Waals surface area contributed by atoms with Crippen LogP contribution < -0.4 is 15.4 Å². The van der Waals surface area contributed by atoms with Crippen LogP contribution in [0.15, 0.2) is 24.3 Å². The van der Waals surface area contributed by atoms with Crippen LogP contribution in [-0.4, -0.2) is 25.1 Å². The van der Waals surface area contributed by atoms with E-state index in [0.29, 0.717) is 6.61 Å². The molecule has 1 amide bonds. The molecule has 1 rings (SSSR count). The SMILES string of the molecule is CCOc1ccccc1NCC(=O)NC(C)C. The van der Waals surface area contributed by atoms with Gasteiger partial charge in [-0.3, -0.25) is 4.79 Å². The van der Waals surface area contributed by atoms with Crippen LogP contribution in [0.1, 0.15) is 20.8 Å². The van der Waals surface area contributed by atoms with E-state index >= 15 is 0 Å². The molecule has 0 aliphatic heterocycles. The molecule has 1 aromatic rings. The summed E-state index contributed by atoms with van der Waals surface area (Å²) in [5.41, 5.74) is 0.841. The molecular weight excluding hydrogens is 216 g/mol. The Morgan fingerprint density at radius 2 is 2.06 bits per heavy atom. The summed E-state index contributed by atoms with van der Waals surface area (Å²) in [6.07, 6.45) is 0. The average Bonchev–Trinajstić information content (AvgIpc) is 2.27. The van der Waals surface area contributed by atoms with Crippen LogP contribution in [0.2, 0.25) is 0 Å². The van der Waals surface area contributed by atoms with Crippen molar-refractivity contribution < 1.29 is 9.53 Å². The monoisotopic (exact) mass is 236 g/mol. The van der Waals surface area contributed by atoms with E-state index in [1.807, 2.05) is 45.0 Å². The highest BCUT2D eigenvalue weighted by atomic mass is 16.5. The first-order valence-electron chi connectivity index (χ1n) is 5.88. The van der Waals surface area contributed by atoms with Crippen LogP contribution in [0.5, 0.6) is 5.75 Å². The van der Waals surface area contributed by atoms with Crippen molar-refractivity contribution in [3.8, 4) is 5.75 Å². The van der Waals surface area contributed by atoms with Crippen LogP contribution in [0.3, 0.4) is 0 Å². The van der Waals surface area contributed by atoms with Crippen LogP contribution >= 0.6 is 0 Å². The van der Waals surface area contributed by atoms with E-state index < -0.39 is 0 Å². The Labute approximate surface area is 102 Å². The van der Waals surface area contributed by atoms with E-state index in [0.717, 1.165) is 11.4 Å². The van der Waals surface area contributed by atoms with Crippen LogP contribution in [0.25, 0.3) is 0 Å². The Kier molecular flexibility index (Phi) is 5.33. The smallest absolute Gasteiger partial charge is 0.239 e. The Hall–Kier alpha value is -1.71. The first-order valence-corrected chi connectivity index (χ1v) is 5.88. The van der Waals surface area contributed by atoms with E-state index in [1.165, 1.54) is 0 Å². The molecule has 4 heteroatoms. The van der Waals surface area contributed by atoms with Crippen molar-refractivity contribution in [1.29, 1.82) is 0 Å². The molecule has 0 aromatic heterocycles. The van der Waals surface area contributed by atoms with Gasteiger partial charge in [-0.05, 0) is 32.9 Å². The minimum absolute atomic E-state index is 0.0219. The number of ether oxygens (including phenoxy) is 1. The normalized spacial score (nSPS) is 10.1. The number of hydrogen-bond donors (Lipinski definition) is 2. The molecule has 0 aliphatic carbocycles. The lowest BCUT2D eigenvalue weighted by Crippen LogP contribution is -2.34. The number of hydrogen-bond acceptors (Lipinski definition) is 3. The number of rotatable bonds is 6. The minimum atomic E-state index is -0.0219. The van der Waals surface area contributed by atoms with E-state index in [-0.39, 0.29) is 18.5 Å². The quantitative estimate of drug-likeness (QED) is 0.794. The maximum absolute atomic E-state index is 11.5. The Morgan fingerprint density at radius 1 is 1.35 bits per heavy atom. The van der Waals surface area contributed by atoms with E-state index in [2.05, 4.69) is 10.6 Å². The number of amides is 1. The highest BCUT2D eigenvalue weighted by molar-refractivity contribution is 5.81. The van der Waals surface area contributed by atoms with Crippen molar-refractivity contribution in [2.45, 2.75) is 26.8 Å². The van der Waals surface area contributed by atoms with Crippen LogP contribution in [0.4, 0.5) is 5.69 Å². The second-order valence-corrected chi connectivity index (χ2v) is 4.00. The van der Waals surface area contributed by atoms with E-state index in [9.17, 15) is 4.79 Å². The van der Waals surface area contributed by atoms with Gasteiger partial charge in [-0.2, -0.15) is 0 Å². The molecule has 0 saturated carbocycles. The lowest BCUT2D eigenvalue weighted by molar-refractivity contribution is -0.119. The van der Waals surface area contributed by atoms with Crippen molar-refractivity contribution in [2.75, 3.05) is 18.5 Å². The molecule has 1 aromatic carbocycles. The van der Waals surface area contributed by atoms with Crippen LogP contribution in [-0.2, 0) is 4.79 Å². The zero-order valence-electron chi connectivity index (χ0n) is 10.6. The molecule has 4 nitrogen and oxygen atoms in total. The highest BCUT2D eigenvalue weighted by Crippen LogP contribution is 2.23. The van der Waals surface area contributed by atoms with Gasteiger partial charge in [-0.25, -0.2) is 0 Å². The maximum atomic E-state index is 11.5. The Morgan fingerprint density at radius 3 is 2.71 bits per heavy atom. The van der Waals surface area contributed by atoms with Crippen molar-refractivity contribution >= 4 is 11.6 Å². The third kappa shape index (κ3) is 4.76. The molecule has 0 bridgehead atoms. The molecule has 2 N–H and O–H groups in total. The fraction of sp³-hybridized carbons (Fsp3) is 0.462. The van der Waals surface area contributed by atoms with Gasteiger partial charge in [0, 0.05) is 6.04 Å². The predicted octanol–water partition coefficient (Wildman–Crippen LogP) is 2.02. The summed E-state index contributed by atoms with van der Waals surface area (Å²) < 4.78 is 5.46. The molecular formula is C13H20N2O2. The zero-order chi connectivity index (χ0) is 12.7. The zero-order valence-corrected chi connectivity index (χ0v) is 10.6. The number of anilines is 1. The Bertz CT molecular complexity index is 364. The average molecular weight is 236 g/mol. The topological polar surface area (TPSA) is 50.4 Å². The molecule has 0 saturated heterocycles. The van der Waals surface area contributed by atoms with Gasteiger partial charge < -0.3 is 15.4 Å². The summed E-state index contributed by atoms with van der Waals surface area (Å²) in [4.78, 5) is 11.5. The minimum Gasteiger partial charge on any atom is -0.492 e. The van der Waals surface area contributed by atoms with Gasteiger partial charge in [-0.1, -0.05) is 12.1 Å². The number of carbonyl (C=O) groups excluding carboxylic acids is 1. The molecule has 0 spiro atoms. The predicted molar refractivity (Wildman–Crippen MR) is 69.4 cm³/mol. The molecule has 0 heterocycles. The molecule has 17 heavy (non-hydrogen) atoms. The number of nitrogens with one attached hydrogen (secondary N) is 2.